The lowest BCUT2D eigenvalue weighted by Crippen LogP contribution is -2.33. The molecule has 2 rings (SSSR count). The van der Waals surface area contributed by atoms with Crippen molar-refractivity contribution in [2.24, 2.45) is 5.73 Å². The first kappa shape index (κ1) is 18.5. The van der Waals surface area contributed by atoms with Gasteiger partial charge in [0, 0.05) is 24.4 Å². The maximum absolute atomic E-state index is 12.6. The first-order valence-electron chi connectivity index (χ1n) is 8.13. The lowest BCUT2D eigenvalue weighted by atomic mass is 10.2. The van der Waals surface area contributed by atoms with Crippen LogP contribution < -0.4 is 5.73 Å². The highest BCUT2D eigenvalue weighted by Gasteiger charge is 2.15. The highest BCUT2D eigenvalue weighted by molar-refractivity contribution is 7.99. The number of thioether (sulfide) groups is 1. The van der Waals surface area contributed by atoms with Crippen LogP contribution in [0, 0.1) is 13.8 Å². The molecule has 0 saturated heterocycles. The molecule has 0 aliphatic rings. The third-order valence-corrected chi connectivity index (χ3v) is 4.80. The van der Waals surface area contributed by atoms with Crippen LogP contribution >= 0.6 is 11.8 Å². The summed E-state index contributed by atoms with van der Waals surface area (Å²) in [5, 5.41) is 3.95. The summed E-state index contributed by atoms with van der Waals surface area (Å²) in [4.78, 5) is 14.5. The monoisotopic (exact) mass is 347 g/mol. The largest absolute Gasteiger partial charge is 0.361 e. The molecule has 0 aliphatic heterocycles. The topological polar surface area (TPSA) is 72.4 Å². The first-order valence-corrected chi connectivity index (χ1v) is 9.28. The fourth-order valence-electron chi connectivity index (χ4n) is 2.42. The van der Waals surface area contributed by atoms with E-state index in [1.165, 1.54) is 0 Å². The van der Waals surface area contributed by atoms with Crippen LogP contribution in [-0.4, -0.2) is 34.8 Å². The number of hydrogen-bond donors (Lipinski definition) is 1. The van der Waals surface area contributed by atoms with Gasteiger partial charge >= 0.3 is 0 Å². The number of nitrogens with zero attached hydrogens (tertiary/aromatic N) is 2. The third kappa shape index (κ3) is 5.39. The Morgan fingerprint density at radius 1 is 1.29 bits per heavy atom. The van der Waals surface area contributed by atoms with Crippen molar-refractivity contribution >= 4 is 17.7 Å². The molecule has 0 fully saturated rings. The molecule has 2 aromatic rings. The third-order valence-electron chi connectivity index (χ3n) is 3.85. The molecule has 0 radical (unpaired) electrons. The zero-order valence-corrected chi connectivity index (χ0v) is 15.1. The molecule has 0 saturated carbocycles. The van der Waals surface area contributed by atoms with Gasteiger partial charge in [-0.2, -0.15) is 0 Å². The summed E-state index contributed by atoms with van der Waals surface area (Å²) in [6, 6.07) is 10.1. The van der Waals surface area contributed by atoms with E-state index in [0.29, 0.717) is 25.4 Å². The lowest BCUT2D eigenvalue weighted by molar-refractivity contribution is -0.129. The molecule has 0 atom stereocenters. The summed E-state index contributed by atoms with van der Waals surface area (Å²) in [5.41, 5.74) is 8.73. The van der Waals surface area contributed by atoms with Gasteiger partial charge in [0.15, 0.2) is 0 Å². The molecule has 24 heavy (non-hydrogen) atoms. The summed E-state index contributed by atoms with van der Waals surface area (Å²) in [6.45, 7) is 5.74. The molecular formula is C18H25N3O2S. The van der Waals surface area contributed by atoms with Crippen molar-refractivity contribution in [3.05, 3.63) is 52.9 Å². The fourth-order valence-corrected chi connectivity index (χ4v) is 3.49. The van der Waals surface area contributed by atoms with Gasteiger partial charge in [0.2, 0.25) is 5.91 Å². The van der Waals surface area contributed by atoms with Crippen molar-refractivity contribution in [2.75, 3.05) is 18.8 Å². The number of rotatable bonds is 9. The van der Waals surface area contributed by atoms with Gasteiger partial charge in [0.1, 0.15) is 5.76 Å². The predicted molar refractivity (Wildman–Crippen MR) is 97.7 cm³/mol. The van der Waals surface area contributed by atoms with Crippen LogP contribution in [0.5, 0.6) is 0 Å². The van der Waals surface area contributed by atoms with E-state index in [0.717, 1.165) is 34.8 Å². The molecule has 1 heterocycles. The minimum atomic E-state index is 0.143. The standard InChI is InChI=1S/C18H25N3O2S/c1-14-17(15(2)23-20-14)12-24-13-18(22)21(10-6-9-19)11-16-7-4-3-5-8-16/h3-5,7-8H,6,9-13,19H2,1-2H3. The Morgan fingerprint density at radius 3 is 2.67 bits per heavy atom. The molecule has 1 amide bonds. The summed E-state index contributed by atoms with van der Waals surface area (Å²) < 4.78 is 5.16. The molecule has 5 nitrogen and oxygen atoms in total. The Bertz CT molecular complexity index is 623. The van der Waals surface area contributed by atoms with E-state index >= 15 is 0 Å². The van der Waals surface area contributed by atoms with Crippen molar-refractivity contribution in [2.45, 2.75) is 32.6 Å². The lowest BCUT2D eigenvalue weighted by Gasteiger charge is -2.22. The summed E-state index contributed by atoms with van der Waals surface area (Å²) in [7, 11) is 0. The highest BCUT2D eigenvalue weighted by atomic mass is 32.2. The van der Waals surface area contributed by atoms with Crippen molar-refractivity contribution in [3.63, 3.8) is 0 Å². The second-order valence-corrected chi connectivity index (χ2v) is 6.72. The molecule has 130 valence electrons. The maximum atomic E-state index is 12.6. The van der Waals surface area contributed by atoms with Gasteiger partial charge in [-0.15, -0.1) is 11.8 Å². The van der Waals surface area contributed by atoms with Gasteiger partial charge in [0.25, 0.3) is 0 Å². The number of carbonyl (C=O) groups is 1. The second-order valence-electron chi connectivity index (χ2n) is 5.74. The van der Waals surface area contributed by atoms with Crippen LogP contribution in [0.4, 0.5) is 0 Å². The molecule has 0 spiro atoms. The van der Waals surface area contributed by atoms with Crippen LogP contribution in [0.3, 0.4) is 0 Å². The smallest absolute Gasteiger partial charge is 0.232 e. The summed E-state index contributed by atoms with van der Waals surface area (Å²) in [5.74, 6) is 2.16. The number of benzene rings is 1. The van der Waals surface area contributed by atoms with E-state index in [4.69, 9.17) is 10.3 Å². The van der Waals surface area contributed by atoms with Gasteiger partial charge in [-0.25, -0.2) is 0 Å². The first-order chi connectivity index (χ1) is 11.6. The molecule has 2 N–H and O–H groups in total. The average Bonchev–Trinajstić information content (AvgIpc) is 2.91. The van der Waals surface area contributed by atoms with E-state index in [2.05, 4.69) is 5.16 Å². The number of nitrogens with two attached hydrogens (primary N) is 1. The Balaban J connectivity index is 1.89. The van der Waals surface area contributed by atoms with Crippen molar-refractivity contribution < 1.29 is 9.32 Å². The molecule has 1 aromatic carbocycles. The van der Waals surface area contributed by atoms with Gasteiger partial charge < -0.3 is 15.2 Å². The van der Waals surface area contributed by atoms with Crippen LogP contribution in [0.1, 0.15) is 29.0 Å². The van der Waals surface area contributed by atoms with Gasteiger partial charge in [-0.05, 0) is 32.4 Å². The van der Waals surface area contributed by atoms with E-state index in [1.54, 1.807) is 11.8 Å². The van der Waals surface area contributed by atoms with Crippen LogP contribution in [0.15, 0.2) is 34.9 Å². The van der Waals surface area contributed by atoms with E-state index < -0.39 is 0 Å². The Kier molecular flexibility index (Phi) is 7.34. The van der Waals surface area contributed by atoms with E-state index in [1.807, 2.05) is 49.1 Å². The average molecular weight is 347 g/mol. The number of aromatic nitrogens is 1. The van der Waals surface area contributed by atoms with E-state index in [-0.39, 0.29) is 5.91 Å². The Morgan fingerprint density at radius 2 is 2.04 bits per heavy atom. The Labute approximate surface area is 147 Å². The molecule has 0 unspecified atom stereocenters. The molecule has 6 heteroatoms. The minimum Gasteiger partial charge on any atom is -0.361 e. The van der Waals surface area contributed by atoms with Gasteiger partial charge in [-0.3, -0.25) is 4.79 Å². The summed E-state index contributed by atoms with van der Waals surface area (Å²) in [6.07, 6.45) is 0.813. The number of aryl methyl sites for hydroxylation is 2. The van der Waals surface area contributed by atoms with Gasteiger partial charge in [-0.1, -0.05) is 35.5 Å². The molecule has 1 aromatic heterocycles. The van der Waals surface area contributed by atoms with Gasteiger partial charge in [0.05, 0.1) is 11.4 Å². The minimum absolute atomic E-state index is 0.143. The van der Waals surface area contributed by atoms with Crippen molar-refractivity contribution in [1.82, 2.24) is 10.1 Å². The normalized spacial score (nSPS) is 10.8. The predicted octanol–water partition coefficient (Wildman–Crippen LogP) is 2.90. The zero-order chi connectivity index (χ0) is 17.4. The zero-order valence-electron chi connectivity index (χ0n) is 14.3. The quantitative estimate of drug-likeness (QED) is 0.755. The SMILES string of the molecule is Cc1noc(C)c1CSCC(=O)N(CCCN)Cc1ccccc1. The van der Waals surface area contributed by atoms with Crippen LogP contribution in [0.25, 0.3) is 0 Å². The number of amides is 1. The number of hydrogen-bond acceptors (Lipinski definition) is 5. The fraction of sp³-hybridized carbons (Fsp3) is 0.444. The molecule has 0 bridgehead atoms. The van der Waals surface area contributed by atoms with Crippen molar-refractivity contribution in [3.8, 4) is 0 Å². The highest BCUT2D eigenvalue weighted by Crippen LogP contribution is 2.20. The summed E-state index contributed by atoms with van der Waals surface area (Å²) >= 11 is 1.60. The van der Waals surface area contributed by atoms with Crippen LogP contribution in [0.2, 0.25) is 0 Å². The second kappa shape index (κ2) is 9.49. The van der Waals surface area contributed by atoms with E-state index in [9.17, 15) is 4.79 Å². The maximum Gasteiger partial charge on any atom is 0.232 e. The van der Waals surface area contributed by atoms with Crippen LogP contribution in [-0.2, 0) is 17.1 Å². The molecule has 0 aliphatic carbocycles. The molecular weight excluding hydrogens is 322 g/mol. The van der Waals surface area contributed by atoms with Crippen molar-refractivity contribution in [1.29, 1.82) is 0 Å². The Hall–Kier alpha value is -1.79. The number of carbonyl (C=O) groups excluding carboxylic acids is 1.